The first-order valence-electron chi connectivity index (χ1n) is 5.75. The monoisotopic (exact) mass is 304 g/mol. The number of hydrogen-bond acceptors (Lipinski definition) is 3. The van der Waals surface area contributed by atoms with Crippen molar-refractivity contribution in [2.75, 3.05) is 0 Å². The maximum atomic E-state index is 12.3. The lowest BCUT2D eigenvalue weighted by Gasteiger charge is -1.99. The van der Waals surface area contributed by atoms with Crippen molar-refractivity contribution in [2.24, 2.45) is 10.7 Å². The van der Waals surface area contributed by atoms with Crippen LogP contribution in [0.15, 0.2) is 40.1 Å². The zero-order valence-corrected chi connectivity index (χ0v) is 12.3. The minimum Gasteiger partial charge on any atom is -0.387 e. The van der Waals surface area contributed by atoms with Crippen LogP contribution in [0.5, 0.6) is 0 Å². The van der Waals surface area contributed by atoms with Gasteiger partial charge in [0, 0.05) is 11.9 Å². The molecule has 0 saturated heterocycles. The van der Waals surface area contributed by atoms with E-state index in [1.165, 1.54) is 10.9 Å². The summed E-state index contributed by atoms with van der Waals surface area (Å²) in [5.74, 6) is 0. The summed E-state index contributed by atoms with van der Waals surface area (Å²) in [6.07, 6.45) is 1.38. The second-order valence-electron chi connectivity index (χ2n) is 4.05. The number of rotatable bonds is 2. The van der Waals surface area contributed by atoms with Crippen LogP contribution in [0.4, 0.5) is 0 Å². The van der Waals surface area contributed by atoms with E-state index in [-0.39, 0.29) is 15.5 Å². The van der Waals surface area contributed by atoms with Gasteiger partial charge in [0.15, 0.2) is 4.99 Å². The third-order valence-corrected chi connectivity index (χ3v) is 3.30. The number of aromatic nitrogens is 2. The molecule has 0 unspecified atom stereocenters. The highest BCUT2D eigenvalue weighted by Crippen LogP contribution is 2.05. The Labute approximate surface area is 126 Å². The molecule has 2 aromatic rings. The smallest absolute Gasteiger partial charge is 0.280 e. The van der Waals surface area contributed by atoms with Crippen LogP contribution in [0.2, 0.25) is 0 Å². The van der Waals surface area contributed by atoms with Gasteiger partial charge in [-0.15, -0.1) is 0 Å². The van der Waals surface area contributed by atoms with Gasteiger partial charge >= 0.3 is 0 Å². The fraction of sp³-hybridized carbons (Fsp3) is 0.0769. The zero-order valence-electron chi connectivity index (χ0n) is 10.7. The van der Waals surface area contributed by atoms with Crippen molar-refractivity contribution in [3.8, 4) is 5.69 Å². The summed E-state index contributed by atoms with van der Waals surface area (Å²) in [5, 5.41) is 2.99. The maximum absolute atomic E-state index is 12.3. The van der Waals surface area contributed by atoms with Crippen LogP contribution in [0.1, 0.15) is 11.3 Å². The predicted molar refractivity (Wildman–Crippen MR) is 88.1 cm³/mol. The summed E-state index contributed by atoms with van der Waals surface area (Å²) in [6.45, 7) is 1.78. The van der Waals surface area contributed by atoms with E-state index >= 15 is 0 Å². The maximum Gasteiger partial charge on any atom is 0.280 e. The lowest BCUT2D eigenvalue weighted by molar-refractivity contribution is 0.835. The van der Waals surface area contributed by atoms with Crippen LogP contribution in [0.3, 0.4) is 0 Å². The molecule has 3 N–H and O–H groups in total. The molecular weight excluding hydrogens is 292 g/mol. The van der Waals surface area contributed by atoms with Crippen molar-refractivity contribution < 1.29 is 0 Å². The molecule has 2 rings (SSSR count). The van der Waals surface area contributed by atoms with Crippen molar-refractivity contribution in [2.45, 2.75) is 6.92 Å². The minimum atomic E-state index is -0.205. The molecule has 0 radical (unpaired) electrons. The van der Waals surface area contributed by atoms with Gasteiger partial charge in [0.25, 0.3) is 5.56 Å². The minimum absolute atomic E-state index is 0.0350. The number of aromatic amines is 1. The van der Waals surface area contributed by atoms with Gasteiger partial charge in [-0.2, -0.15) is 0 Å². The van der Waals surface area contributed by atoms with E-state index in [1.54, 1.807) is 6.92 Å². The summed E-state index contributed by atoms with van der Waals surface area (Å²) in [5.41, 5.74) is 7.01. The molecule has 1 heterocycles. The lowest BCUT2D eigenvalue weighted by atomic mass is 10.3. The van der Waals surface area contributed by atoms with Crippen molar-refractivity contribution >= 4 is 40.6 Å². The molecule has 102 valence electrons. The Morgan fingerprint density at radius 1 is 1.35 bits per heavy atom. The Kier molecular flexibility index (Phi) is 4.21. The fourth-order valence-corrected chi connectivity index (χ4v) is 1.76. The van der Waals surface area contributed by atoms with Gasteiger partial charge in [-0.05, 0) is 19.1 Å². The SMILES string of the molecule is Cc1[nH]n(-c2ccccc2)c(=O)c1C=NC(=S)C(N)=S. The standard InChI is InChI=1S/C13H12N4OS2/c1-8-10(7-15-12(20)11(14)19)13(18)17(16-8)9-5-3-2-4-6-9/h2-7,16H,1H3,(H2,14,19). The van der Waals surface area contributed by atoms with Crippen molar-refractivity contribution in [3.05, 3.63) is 51.9 Å². The van der Waals surface area contributed by atoms with E-state index < -0.39 is 0 Å². The van der Waals surface area contributed by atoms with E-state index in [2.05, 4.69) is 10.1 Å². The second-order valence-corrected chi connectivity index (χ2v) is 4.88. The second kappa shape index (κ2) is 5.89. The summed E-state index contributed by atoms with van der Waals surface area (Å²) in [6, 6.07) is 9.25. The van der Waals surface area contributed by atoms with Crippen LogP contribution < -0.4 is 11.3 Å². The number of benzene rings is 1. The number of nitrogens with zero attached hydrogens (tertiary/aromatic N) is 2. The molecule has 0 aliphatic rings. The van der Waals surface area contributed by atoms with Gasteiger partial charge < -0.3 is 5.73 Å². The van der Waals surface area contributed by atoms with E-state index in [9.17, 15) is 4.79 Å². The van der Waals surface area contributed by atoms with Crippen LogP contribution in [-0.4, -0.2) is 26.0 Å². The molecule has 7 heteroatoms. The van der Waals surface area contributed by atoms with Gasteiger partial charge in [-0.1, -0.05) is 42.6 Å². The van der Waals surface area contributed by atoms with E-state index in [1.807, 2.05) is 30.3 Å². The fourth-order valence-electron chi connectivity index (χ4n) is 1.66. The number of nitrogens with one attached hydrogen (secondary N) is 1. The first kappa shape index (κ1) is 14.3. The molecule has 0 amide bonds. The van der Waals surface area contributed by atoms with Gasteiger partial charge in [-0.3, -0.25) is 9.89 Å². The average Bonchev–Trinajstić information content (AvgIpc) is 2.72. The molecule has 5 nitrogen and oxygen atoms in total. The molecule has 0 aliphatic carbocycles. The van der Waals surface area contributed by atoms with E-state index in [0.717, 1.165) is 5.69 Å². The molecule has 0 aliphatic heterocycles. The Hall–Kier alpha value is -2.12. The quantitative estimate of drug-likeness (QED) is 0.651. The number of nitrogens with two attached hydrogens (primary N) is 1. The molecule has 0 saturated carbocycles. The highest BCUT2D eigenvalue weighted by molar-refractivity contribution is 7.89. The third kappa shape index (κ3) is 2.89. The molecule has 0 bridgehead atoms. The van der Waals surface area contributed by atoms with Gasteiger partial charge in [0.05, 0.1) is 11.3 Å². The first-order valence-corrected chi connectivity index (χ1v) is 6.57. The largest absolute Gasteiger partial charge is 0.387 e. The normalized spacial score (nSPS) is 10.8. The highest BCUT2D eigenvalue weighted by Gasteiger charge is 2.10. The van der Waals surface area contributed by atoms with Crippen molar-refractivity contribution in [1.82, 2.24) is 9.78 Å². The number of para-hydroxylation sites is 1. The zero-order chi connectivity index (χ0) is 14.7. The Morgan fingerprint density at radius 3 is 2.60 bits per heavy atom. The third-order valence-electron chi connectivity index (χ3n) is 2.65. The summed E-state index contributed by atoms with van der Waals surface area (Å²) in [7, 11) is 0. The molecular formula is C13H12N4OS2. The molecule has 0 spiro atoms. The van der Waals surface area contributed by atoms with E-state index in [4.69, 9.17) is 30.2 Å². The van der Waals surface area contributed by atoms with Crippen molar-refractivity contribution in [1.29, 1.82) is 0 Å². The molecule has 1 aromatic heterocycles. The molecule has 0 fully saturated rings. The number of thiocarbonyl (C=S) groups is 2. The number of aliphatic imine (C=N–C) groups is 1. The molecule has 20 heavy (non-hydrogen) atoms. The number of hydrogen-bond donors (Lipinski definition) is 2. The van der Waals surface area contributed by atoms with Gasteiger partial charge in [0.1, 0.15) is 4.99 Å². The van der Waals surface area contributed by atoms with Crippen LogP contribution in [0, 0.1) is 6.92 Å². The number of aryl methyl sites for hydroxylation is 1. The Balaban J connectivity index is 2.43. The average molecular weight is 304 g/mol. The molecule has 0 atom stereocenters. The summed E-state index contributed by atoms with van der Waals surface area (Å²) in [4.78, 5) is 16.4. The topological polar surface area (TPSA) is 76.2 Å². The highest BCUT2D eigenvalue weighted by atomic mass is 32.1. The summed E-state index contributed by atoms with van der Waals surface area (Å²) >= 11 is 9.59. The Morgan fingerprint density at radius 2 is 2.00 bits per heavy atom. The van der Waals surface area contributed by atoms with Crippen LogP contribution in [-0.2, 0) is 0 Å². The van der Waals surface area contributed by atoms with E-state index in [0.29, 0.717) is 11.3 Å². The molecule has 1 aromatic carbocycles. The van der Waals surface area contributed by atoms with Crippen LogP contribution >= 0.6 is 24.4 Å². The van der Waals surface area contributed by atoms with Crippen molar-refractivity contribution in [3.63, 3.8) is 0 Å². The lowest BCUT2D eigenvalue weighted by Crippen LogP contribution is -2.19. The van der Waals surface area contributed by atoms with Crippen LogP contribution in [0.25, 0.3) is 5.69 Å². The van der Waals surface area contributed by atoms with Gasteiger partial charge in [-0.25, -0.2) is 9.67 Å². The first-order chi connectivity index (χ1) is 9.50. The predicted octanol–water partition coefficient (Wildman–Crippen LogP) is 1.51. The Bertz CT molecular complexity index is 743. The number of H-pyrrole nitrogens is 1. The summed E-state index contributed by atoms with van der Waals surface area (Å²) < 4.78 is 1.44. The van der Waals surface area contributed by atoms with Gasteiger partial charge in [0.2, 0.25) is 0 Å².